The van der Waals surface area contributed by atoms with E-state index in [0.717, 1.165) is 22.0 Å². The molecule has 0 aliphatic carbocycles. The molecule has 0 aliphatic heterocycles. The van der Waals surface area contributed by atoms with Gasteiger partial charge in [0.05, 0.1) is 19.1 Å². The quantitative estimate of drug-likeness (QED) is 0.304. The minimum absolute atomic E-state index is 0.0196. The molecule has 0 bridgehead atoms. The van der Waals surface area contributed by atoms with Crippen molar-refractivity contribution in [3.63, 3.8) is 0 Å². The summed E-state index contributed by atoms with van der Waals surface area (Å²) in [6, 6.07) is 25.3. The number of nitrogens with zero attached hydrogens (tertiary/aromatic N) is 4. The van der Waals surface area contributed by atoms with E-state index < -0.39 is 10.0 Å². The van der Waals surface area contributed by atoms with Gasteiger partial charge in [0.25, 0.3) is 10.0 Å². The number of anilines is 3. The molecule has 2 aromatic heterocycles. The zero-order chi connectivity index (χ0) is 25.8. The Morgan fingerprint density at radius 2 is 1.46 bits per heavy atom. The average molecular weight is 515 g/mol. The summed E-state index contributed by atoms with van der Waals surface area (Å²) in [5.74, 6) is 0.742. The van der Waals surface area contributed by atoms with Crippen molar-refractivity contribution in [2.75, 3.05) is 24.3 Å². The second-order valence-corrected chi connectivity index (χ2v) is 9.53. The maximum atomic E-state index is 12.9. The number of nitrogens with one attached hydrogen (secondary N) is 2. The van der Waals surface area contributed by atoms with E-state index in [4.69, 9.17) is 9.47 Å². The molecule has 0 fully saturated rings. The topological polar surface area (TPSA) is 128 Å². The van der Waals surface area contributed by atoms with Gasteiger partial charge in [0.1, 0.15) is 5.69 Å². The molecule has 37 heavy (non-hydrogen) atoms. The minimum Gasteiger partial charge on any atom is -0.481 e. The third-order valence-corrected chi connectivity index (χ3v) is 6.85. The van der Waals surface area contributed by atoms with E-state index in [-0.39, 0.29) is 22.6 Å². The molecule has 0 saturated carbocycles. The lowest BCUT2D eigenvalue weighted by Crippen LogP contribution is -2.14. The van der Waals surface area contributed by atoms with Gasteiger partial charge in [0.15, 0.2) is 11.6 Å². The lowest BCUT2D eigenvalue weighted by atomic mass is 10.0. The molecule has 5 aromatic rings. The molecular formula is C26H22N6O4S. The number of methoxy groups -OCH3 is 2. The highest BCUT2D eigenvalue weighted by atomic mass is 32.2. The summed E-state index contributed by atoms with van der Waals surface area (Å²) >= 11 is 0. The van der Waals surface area contributed by atoms with E-state index in [1.165, 1.54) is 32.4 Å². The standard InChI is InChI=1S/C26H22N6O4S/c1-35-23-16-22(28-26(29-23)36-2)32-37(33,34)19-14-12-18(13-15-19)27-25-21-11-7-6-10-20(21)24(30-31-25)17-8-4-3-5-9-17/h3-16H,1-2H3,(H,27,31)(H,28,29,32). The maximum Gasteiger partial charge on any atom is 0.321 e. The van der Waals surface area contributed by atoms with Gasteiger partial charge in [0.2, 0.25) is 5.88 Å². The highest BCUT2D eigenvalue weighted by molar-refractivity contribution is 7.92. The zero-order valence-electron chi connectivity index (χ0n) is 19.9. The van der Waals surface area contributed by atoms with Gasteiger partial charge in [-0.25, -0.2) is 8.42 Å². The van der Waals surface area contributed by atoms with Crippen molar-refractivity contribution in [1.29, 1.82) is 0 Å². The van der Waals surface area contributed by atoms with Gasteiger partial charge in [-0.1, -0.05) is 54.6 Å². The van der Waals surface area contributed by atoms with Crippen LogP contribution in [0.15, 0.2) is 89.8 Å². The van der Waals surface area contributed by atoms with Gasteiger partial charge < -0.3 is 14.8 Å². The van der Waals surface area contributed by atoms with Gasteiger partial charge >= 0.3 is 6.01 Å². The summed E-state index contributed by atoms with van der Waals surface area (Å²) in [6.07, 6.45) is 0. The van der Waals surface area contributed by atoms with Crippen molar-refractivity contribution in [2.24, 2.45) is 0 Å². The number of hydrogen-bond donors (Lipinski definition) is 2. The summed E-state index contributed by atoms with van der Waals surface area (Å²) in [4.78, 5) is 8.02. The van der Waals surface area contributed by atoms with Crippen LogP contribution in [-0.4, -0.2) is 42.8 Å². The Balaban J connectivity index is 1.40. The van der Waals surface area contributed by atoms with Gasteiger partial charge in [-0.2, -0.15) is 9.97 Å². The van der Waals surface area contributed by atoms with E-state index in [0.29, 0.717) is 11.5 Å². The fourth-order valence-electron chi connectivity index (χ4n) is 3.71. The maximum absolute atomic E-state index is 12.9. The van der Waals surface area contributed by atoms with Crippen LogP contribution in [0.4, 0.5) is 17.3 Å². The van der Waals surface area contributed by atoms with Crippen molar-refractivity contribution in [2.45, 2.75) is 4.90 Å². The first kappa shape index (κ1) is 23.9. The normalized spacial score (nSPS) is 11.2. The van der Waals surface area contributed by atoms with Gasteiger partial charge in [-0.05, 0) is 24.3 Å². The Bertz CT molecular complexity index is 1640. The fraction of sp³-hybridized carbons (Fsp3) is 0.0769. The highest BCUT2D eigenvalue weighted by Crippen LogP contribution is 2.31. The Morgan fingerprint density at radius 1 is 0.757 bits per heavy atom. The summed E-state index contributed by atoms with van der Waals surface area (Å²) in [5, 5.41) is 13.9. The monoisotopic (exact) mass is 514 g/mol. The first-order valence-electron chi connectivity index (χ1n) is 11.1. The van der Waals surface area contributed by atoms with Gasteiger partial charge in [-0.3, -0.25) is 4.72 Å². The predicted octanol–water partition coefficient (Wildman–Crippen LogP) is 4.65. The predicted molar refractivity (Wildman–Crippen MR) is 141 cm³/mol. The van der Waals surface area contributed by atoms with Crippen LogP contribution >= 0.6 is 0 Å². The minimum atomic E-state index is -3.93. The lowest BCUT2D eigenvalue weighted by molar-refractivity contribution is 0.353. The van der Waals surface area contributed by atoms with Crippen LogP contribution < -0.4 is 19.5 Å². The molecule has 186 valence electrons. The van der Waals surface area contributed by atoms with Crippen molar-refractivity contribution >= 4 is 38.1 Å². The van der Waals surface area contributed by atoms with Crippen LogP contribution in [0, 0.1) is 0 Å². The fourth-order valence-corrected chi connectivity index (χ4v) is 4.70. The molecule has 2 N–H and O–H groups in total. The van der Waals surface area contributed by atoms with Crippen molar-refractivity contribution < 1.29 is 17.9 Å². The van der Waals surface area contributed by atoms with Crippen LogP contribution in [0.5, 0.6) is 11.9 Å². The first-order chi connectivity index (χ1) is 18.0. The highest BCUT2D eigenvalue weighted by Gasteiger charge is 2.17. The number of sulfonamides is 1. The number of aromatic nitrogens is 4. The number of fused-ring (bicyclic) bond motifs is 1. The molecule has 11 heteroatoms. The summed E-state index contributed by atoms with van der Waals surface area (Å²) in [5.41, 5.74) is 2.40. The second kappa shape index (κ2) is 10.1. The largest absolute Gasteiger partial charge is 0.481 e. The smallest absolute Gasteiger partial charge is 0.321 e. The first-order valence-corrected chi connectivity index (χ1v) is 12.6. The molecule has 0 spiro atoms. The Kier molecular flexibility index (Phi) is 6.52. The number of benzene rings is 3. The van der Waals surface area contributed by atoms with Crippen LogP contribution in [0.1, 0.15) is 0 Å². The van der Waals surface area contributed by atoms with Crippen molar-refractivity contribution in [3.8, 4) is 23.1 Å². The molecule has 0 saturated heterocycles. The second-order valence-electron chi connectivity index (χ2n) is 7.85. The van der Waals surface area contributed by atoms with Crippen molar-refractivity contribution in [3.05, 3.63) is 84.9 Å². The van der Waals surface area contributed by atoms with Crippen LogP contribution in [0.3, 0.4) is 0 Å². The molecule has 3 aromatic carbocycles. The SMILES string of the molecule is COc1cc(NS(=O)(=O)c2ccc(Nc3nnc(-c4ccccc4)c4ccccc34)cc2)nc(OC)n1. The van der Waals surface area contributed by atoms with Crippen LogP contribution in [0.25, 0.3) is 22.0 Å². The molecule has 0 unspecified atom stereocenters. The van der Waals surface area contributed by atoms with Gasteiger partial charge in [-0.15, -0.1) is 10.2 Å². The molecule has 10 nitrogen and oxygen atoms in total. The van der Waals surface area contributed by atoms with E-state index >= 15 is 0 Å². The summed E-state index contributed by atoms with van der Waals surface area (Å²) in [7, 11) is -1.14. The summed E-state index contributed by atoms with van der Waals surface area (Å²) < 4.78 is 38.3. The molecular weight excluding hydrogens is 492 g/mol. The molecule has 0 aliphatic rings. The molecule has 0 radical (unpaired) electrons. The third kappa shape index (κ3) is 5.11. The van der Waals surface area contributed by atoms with Crippen LogP contribution in [0.2, 0.25) is 0 Å². The molecule has 0 atom stereocenters. The Morgan fingerprint density at radius 3 is 2.16 bits per heavy atom. The van der Waals surface area contributed by atoms with E-state index in [9.17, 15) is 8.42 Å². The molecule has 2 heterocycles. The van der Waals surface area contributed by atoms with Crippen LogP contribution in [-0.2, 0) is 10.0 Å². The van der Waals surface area contributed by atoms with E-state index in [1.54, 1.807) is 12.1 Å². The number of hydrogen-bond acceptors (Lipinski definition) is 9. The van der Waals surface area contributed by atoms with E-state index in [2.05, 4.69) is 30.2 Å². The van der Waals surface area contributed by atoms with Crippen molar-refractivity contribution in [1.82, 2.24) is 20.2 Å². The Labute approximate surface area is 213 Å². The number of rotatable bonds is 8. The number of ether oxygens (including phenoxy) is 2. The Hall–Kier alpha value is -4.77. The lowest BCUT2D eigenvalue weighted by Gasteiger charge is -2.12. The third-order valence-electron chi connectivity index (χ3n) is 5.47. The van der Waals surface area contributed by atoms with E-state index in [1.807, 2.05) is 54.6 Å². The van der Waals surface area contributed by atoms with Gasteiger partial charge in [0, 0.05) is 28.1 Å². The zero-order valence-corrected chi connectivity index (χ0v) is 20.7. The molecule has 0 amide bonds. The molecule has 5 rings (SSSR count). The summed E-state index contributed by atoms with van der Waals surface area (Å²) in [6.45, 7) is 0. The average Bonchev–Trinajstić information content (AvgIpc) is 2.93.